The number of benzene rings is 1. The number of nitrogens with zero attached hydrogens (tertiary/aromatic N) is 1. The molecule has 5 nitrogen and oxygen atoms in total. The number of hydrogen-bond donors (Lipinski definition) is 1. The van der Waals surface area contributed by atoms with Crippen molar-refractivity contribution in [1.29, 1.82) is 0 Å². The molecule has 2 heterocycles. The van der Waals surface area contributed by atoms with E-state index in [9.17, 15) is 4.79 Å². The highest BCUT2D eigenvalue weighted by Gasteiger charge is 2.16. The van der Waals surface area contributed by atoms with E-state index in [1.165, 1.54) is 11.3 Å². The van der Waals surface area contributed by atoms with E-state index in [-0.39, 0.29) is 0 Å². The molecule has 0 atom stereocenters. The average Bonchev–Trinajstić information content (AvgIpc) is 3.02. The second-order valence-electron chi connectivity index (χ2n) is 4.61. The minimum atomic E-state index is -0.896. The Morgan fingerprint density at radius 1 is 1.29 bits per heavy atom. The van der Waals surface area contributed by atoms with E-state index in [1.54, 1.807) is 13.2 Å². The molecule has 6 heteroatoms. The molecule has 0 unspecified atom stereocenters. The number of aromatic carboxylic acids is 1. The van der Waals surface area contributed by atoms with Gasteiger partial charge in [-0.2, -0.15) is 0 Å². The smallest absolute Gasteiger partial charge is 0.345 e. The summed E-state index contributed by atoms with van der Waals surface area (Å²) in [6, 6.07) is 9.67. The van der Waals surface area contributed by atoms with Gasteiger partial charge in [0.2, 0.25) is 0 Å². The lowest BCUT2D eigenvalue weighted by atomic mass is 10.2. The van der Waals surface area contributed by atoms with E-state index in [0.717, 1.165) is 21.1 Å². The minimum Gasteiger partial charge on any atom is -0.477 e. The molecular formula is C15H15NO4S. The SMILES string of the molecule is COCCOCn1c2ccccc2c2cc(C(=O)O)sc21. The molecular weight excluding hydrogens is 290 g/mol. The van der Waals surface area contributed by atoms with Gasteiger partial charge in [-0.05, 0) is 12.1 Å². The van der Waals surface area contributed by atoms with Crippen LogP contribution in [0.15, 0.2) is 30.3 Å². The van der Waals surface area contributed by atoms with E-state index in [2.05, 4.69) is 0 Å². The Kier molecular flexibility index (Phi) is 3.92. The molecule has 21 heavy (non-hydrogen) atoms. The van der Waals surface area contributed by atoms with Crippen LogP contribution in [0.4, 0.5) is 0 Å². The molecule has 0 aliphatic carbocycles. The third-order valence-corrected chi connectivity index (χ3v) is 4.45. The lowest BCUT2D eigenvalue weighted by Gasteiger charge is -2.07. The third kappa shape index (κ3) is 2.53. The Morgan fingerprint density at radius 3 is 2.86 bits per heavy atom. The predicted molar refractivity (Wildman–Crippen MR) is 82.1 cm³/mol. The number of para-hydroxylation sites is 1. The monoisotopic (exact) mass is 305 g/mol. The fourth-order valence-electron chi connectivity index (χ4n) is 2.35. The molecule has 2 aromatic heterocycles. The number of carbonyl (C=O) groups is 1. The van der Waals surface area contributed by atoms with Crippen LogP contribution in [0.1, 0.15) is 9.67 Å². The summed E-state index contributed by atoms with van der Waals surface area (Å²) in [6.45, 7) is 1.42. The number of fused-ring (bicyclic) bond motifs is 3. The lowest BCUT2D eigenvalue weighted by molar-refractivity contribution is 0.0378. The molecule has 1 N–H and O–H groups in total. The minimum absolute atomic E-state index is 0.344. The van der Waals surface area contributed by atoms with Crippen LogP contribution >= 0.6 is 11.3 Å². The summed E-state index contributed by atoms with van der Waals surface area (Å²) in [4.78, 5) is 12.4. The van der Waals surface area contributed by atoms with Crippen LogP contribution in [0.25, 0.3) is 21.1 Å². The van der Waals surface area contributed by atoms with Crippen molar-refractivity contribution < 1.29 is 19.4 Å². The number of rotatable bonds is 6. The number of carboxylic acids is 1. The maximum atomic E-state index is 11.2. The number of methoxy groups -OCH3 is 1. The second-order valence-corrected chi connectivity index (χ2v) is 5.64. The Hall–Kier alpha value is -1.89. The molecule has 0 radical (unpaired) electrons. The number of ether oxygens (including phenoxy) is 2. The topological polar surface area (TPSA) is 60.7 Å². The number of aromatic nitrogens is 1. The zero-order valence-corrected chi connectivity index (χ0v) is 12.4. The second kappa shape index (κ2) is 5.85. The first-order valence-electron chi connectivity index (χ1n) is 6.53. The van der Waals surface area contributed by atoms with E-state index in [1.807, 2.05) is 28.8 Å². The fraction of sp³-hybridized carbons (Fsp3) is 0.267. The maximum absolute atomic E-state index is 11.2. The first-order valence-corrected chi connectivity index (χ1v) is 7.34. The van der Waals surface area contributed by atoms with Crippen molar-refractivity contribution in [1.82, 2.24) is 4.57 Å². The fourth-order valence-corrected chi connectivity index (χ4v) is 3.37. The van der Waals surface area contributed by atoms with Gasteiger partial charge >= 0.3 is 5.97 Å². The van der Waals surface area contributed by atoms with Gasteiger partial charge in [0.05, 0.1) is 18.7 Å². The van der Waals surface area contributed by atoms with Crippen molar-refractivity contribution >= 4 is 38.4 Å². The average molecular weight is 305 g/mol. The Balaban J connectivity index is 2.06. The first kappa shape index (κ1) is 14.1. The van der Waals surface area contributed by atoms with E-state index < -0.39 is 5.97 Å². The van der Waals surface area contributed by atoms with E-state index in [4.69, 9.17) is 14.6 Å². The summed E-state index contributed by atoms with van der Waals surface area (Å²) in [7, 11) is 1.63. The Bertz CT molecular complexity index is 790. The van der Waals surface area contributed by atoms with Gasteiger partial charge in [0.1, 0.15) is 16.4 Å². The molecule has 0 spiro atoms. The largest absolute Gasteiger partial charge is 0.477 e. The van der Waals surface area contributed by atoms with Crippen LogP contribution in [-0.2, 0) is 16.2 Å². The lowest BCUT2D eigenvalue weighted by Crippen LogP contribution is -2.06. The summed E-state index contributed by atoms with van der Waals surface area (Å²) in [6.07, 6.45) is 0. The summed E-state index contributed by atoms with van der Waals surface area (Å²) in [5.41, 5.74) is 1.05. The van der Waals surface area contributed by atoms with Crippen LogP contribution in [-0.4, -0.2) is 36.0 Å². The highest BCUT2D eigenvalue weighted by atomic mass is 32.1. The highest BCUT2D eigenvalue weighted by molar-refractivity contribution is 7.20. The Morgan fingerprint density at radius 2 is 2.10 bits per heavy atom. The van der Waals surface area contributed by atoms with Crippen LogP contribution in [0.5, 0.6) is 0 Å². The summed E-state index contributed by atoms with van der Waals surface area (Å²) in [5, 5.41) is 11.2. The van der Waals surface area contributed by atoms with Gasteiger partial charge in [0, 0.05) is 17.9 Å². The molecule has 0 saturated carbocycles. The highest BCUT2D eigenvalue weighted by Crippen LogP contribution is 2.35. The van der Waals surface area contributed by atoms with Crippen molar-refractivity contribution in [3.8, 4) is 0 Å². The van der Waals surface area contributed by atoms with E-state index in [0.29, 0.717) is 24.8 Å². The van der Waals surface area contributed by atoms with Crippen molar-refractivity contribution in [2.24, 2.45) is 0 Å². The summed E-state index contributed by atoms with van der Waals surface area (Å²) < 4.78 is 12.6. The molecule has 110 valence electrons. The number of carboxylic acid groups (broad SMARTS) is 1. The number of thiophene rings is 1. The molecule has 3 aromatic rings. The first-order chi connectivity index (χ1) is 10.2. The molecule has 0 saturated heterocycles. The van der Waals surface area contributed by atoms with Gasteiger partial charge in [-0.25, -0.2) is 4.79 Å². The third-order valence-electron chi connectivity index (χ3n) is 3.31. The van der Waals surface area contributed by atoms with Gasteiger partial charge in [0.25, 0.3) is 0 Å². The molecule has 0 amide bonds. The van der Waals surface area contributed by atoms with Crippen molar-refractivity contribution in [3.05, 3.63) is 35.2 Å². The summed E-state index contributed by atoms with van der Waals surface area (Å²) >= 11 is 1.27. The van der Waals surface area contributed by atoms with Crippen LogP contribution in [0, 0.1) is 0 Å². The van der Waals surface area contributed by atoms with Gasteiger partial charge in [-0.1, -0.05) is 18.2 Å². The number of hydrogen-bond acceptors (Lipinski definition) is 4. The van der Waals surface area contributed by atoms with Gasteiger partial charge < -0.3 is 19.1 Å². The maximum Gasteiger partial charge on any atom is 0.345 e. The zero-order valence-electron chi connectivity index (χ0n) is 11.5. The zero-order chi connectivity index (χ0) is 14.8. The van der Waals surface area contributed by atoms with E-state index >= 15 is 0 Å². The molecule has 0 fully saturated rings. The predicted octanol–water partition coefficient (Wildman–Crippen LogP) is 3.17. The van der Waals surface area contributed by atoms with Crippen LogP contribution < -0.4 is 0 Å². The van der Waals surface area contributed by atoms with Gasteiger partial charge in [-0.15, -0.1) is 11.3 Å². The molecule has 0 aliphatic heterocycles. The standard InChI is InChI=1S/C15H15NO4S/c1-19-6-7-20-9-16-12-5-3-2-4-10(12)11-8-13(15(17)18)21-14(11)16/h2-5,8H,6-7,9H2,1H3,(H,17,18). The molecule has 3 rings (SSSR count). The quantitative estimate of drug-likeness (QED) is 0.711. The van der Waals surface area contributed by atoms with Crippen LogP contribution in [0.3, 0.4) is 0 Å². The molecule has 0 bridgehead atoms. The molecule has 0 aliphatic rings. The van der Waals surface area contributed by atoms with Crippen molar-refractivity contribution in [2.75, 3.05) is 20.3 Å². The van der Waals surface area contributed by atoms with Gasteiger partial charge in [-0.3, -0.25) is 0 Å². The van der Waals surface area contributed by atoms with Crippen molar-refractivity contribution in [3.63, 3.8) is 0 Å². The van der Waals surface area contributed by atoms with Crippen molar-refractivity contribution in [2.45, 2.75) is 6.73 Å². The van der Waals surface area contributed by atoms with Crippen LogP contribution in [0.2, 0.25) is 0 Å². The normalized spacial score (nSPS) is 11.5. The Labute approximate surface area is 125 Å². The molecule has 1 aromatic carbocycles. The van der Waals surface area contributed by atoms with Gasteiger partial charge in [0.15, 0.2) is 0 Å². The summed E-state index contributed by atoms with van der Waals surface area (Å²) in [5.74, 6) is -0.896.